The van der Waals surface area contributed by atoms with Gasteiger partial charge in [-0.05, 0) is 69.3 Å². The van der Waals surface area contributed by atoms with Crippen molar-refractivity contribution in [1.29, 1.82) is 0 Å². The summed E-state index contributed by atoms with van der Waals surface area (Å²) in [5, 5.41) is 9.48. The fourth-order valence-corrected chi connectivity index (χ4v) is 6.50. The Bertz CT molecular complexity index is 1660. The molecule has 1 saturated heterocycles. The van der Waals surface area contributed by atoms with Crippen LogP contribution in [0.25, 0.3) is 16.7 Å². The number of anilines is 1. The predicted molar refractivity (Wildman–Crippen MR) is 156 cm³/mol. The Balaban J connectivity index is 1.48. The van der Waals surface area contributed by atoms with Crippen LogP contribution >= 0.6 is 23.2 Å². The lowest BCUT2D eigenvalue weighted by molar-refractivity contribution is -0.152. The van der Waals surface area contributed by atoms with E-state index in [0.717, 1.165) is 16.2 Å². The number of fused-ring (bicyclic) bond motifs is 1. The Morgan fingerprint density at radius 1 is 1.07 bits per heavy atom. The highest BCUT2D eigenvalue weighted by atomic mass is 35.5. The second-order valence-electron chi connectivity index (χ2n) is 10.5. The van der Waals surface area contributed by atoms with Gasteiger partial charge in [0.25, 0.3) is 10.0 Å². The van der Waals surface area contributed by atoms with Crippen LogP contribution in [0.1, 0.15) is 27.2 Å². The molecule has 3 heterocycles. The van der Waals surface area contributed by atoms with Crippen molar-refractivity contribution in [2.45, 2.75) is 43.8 Å². The lowest BCUT2D eigenvalue weighted by Crippen LogP contribution is -2.39. The number of hydrogen-bond acceptors (Lipinski definition) is 8. The van der Waals surface area contributed by atoms with Crippen LogP contribution in [0.3, 0.4) is 0 Å². The van der Waals surface area contributed by atoms with Gasteiger partial charge in [-0.3, -0.25) is 13.7 Å². The molecule has 4 aromatic rings. The van der Waals surface area contributed by atoms with Crippen molar-refractivity contribution in [3.8, 4) is 11.7 Å². The van der Waals surface area contributed by atoms with Crippen molar-refractivity contribution in [2.24, 2.45) is 0 Å². The quantitative estimate of drug-likeness (QED) is 0.240. The second kappa shape index (κ2) is 11.5. The molecule has 0 unspecified atom stereocenters. The Hall–Kier alpha value is -3.38. The number of carbonyl (C=O) groups is 1. The van der Waals surface area contributed by atoms with Crippen molar-refractivity contribution in [1.82, 2.24) is 14.8 Å². The zero-order chi connectivity index (χ0) is 29.4. The lowest BCUT2D eigenvalue weighted by Gasteiger charge is -2.26. The van der Waals surface area contributed by atoms with E-state index in [1.807, 2.05) is 10.6 Å². The molecule has 1 aliphatic rings. The second-order valence-corrected chi connectivity index (χ2v) is 13.2. The maximum atomic E-state index is 13.8. The van der Waals surface area contributed by atoms with Gasteiger partial charge in [0.15, 0.2) is 5.82 Å². The van der Waals surface area contributed by atoms with E-state index in [4.69, 9.17) is 37.4 Å². The van der Waals surface area contributed by atoms with Gasteiger partial charge >= 0.3 is 5.97 Å². The molecule has 0 N–H and O–H groups in total. The highest BCUT2D eigenvalue weighted by Gasteiger charge is 2.30. The molecule has 0 aliphatic carbocycles. The minimum absolute atomic E-state index is 0.0381. The monoisotopic (exact) mass is 618 g/mol. The third-order valence-corrected chi connectivity index (χ3v) is 8.31. The van der Waals surface area contributed by atoms with E-state index in [0.29, 0.717) is 30.3 Å². The molecule has 0 radical (unpaired) electrons. The first-order valence-corrected chi connectivity index (χ1v) is 15.0. The number of rotatable bonds is 8. The van der Waals surface area contributed by atoms with E-state index in [2.05, 4.69) is 10.2 Å². The van der Waals surface area contributed by atoms with E-state index in [-0.39, 0.29) is 26.7 Å². The molecule has 0 amide bonds. The number of carbonyl (C=O) groups excluding carboxylic acids is 1. The summed E-state index contributed by atoms with van der Waals surface area (Å²) in [6.45, 7) is 5.75. The Morgan fingerprint density at radius 2 is 1.83 bits per heavy atom. The molecule has 1 fully saturated rings. The van der Waals surface area contributed by atoms with Gasteiger partial charge < -0.3 is 14.2 Å². The first kappa shape index (κ1) is 29.1. The molecule has 1 atom stereocenters. The van der Waals surface area contributed by atoms with Crippen molar-refractivity contribution in [3.63, 3.8) is 0 Å². The summed E-state index contributed by atoms with van der Waals surface area (Å²) >= 11 is 12.2. The van der Waals surface area contributed by atoms with Gasteiger partial charge in [-0.2, -0.15) is 0 Å². The number of hydrogen-bond donors (Lipinski definition) is 0. The fraction of sp³-hybridized carbons (Fsp3) is 0.321. The zero-order valence-electron chi connectivity index (χ0n) is 22.6. The van der Waals surface area contributed by atoms with Crippen molar-refractivity contribution < 1.29 is 27.4 Å². The molecule has 5 rings (SSSR count). The number of esters is 1. The first-order chi connectivity index (χ1) is 19.4. The minimum atomic E-state index is -4.27. The molecule has 2 aromatic carbocycles. The standard InChI is InChI=1S/C28H28Cl2N4O6S/c1-28(2,3)40-27(35)16-34(41(36,37)23-14-19(29)13-20(30)15-23)21-4-5-24-18(12-21)8-10-33(24)25-6-7-26(32-31-25)39-22-9-11-38-17-22/h4-8,10,12-15,22H,9,11,16-17H2,1-3H3/t22-/m1/s1. The normalized spacial score (nSPS) is 15.7. The topological polar surface area (TPSA) is 113 Å². The number of benzene rings is 2. The van der Waals surface area contributed by atoms with Crippen LogP contribution < -0.4 is 9.04 Å². The summed E-state index contributed by atoms with van der Waals surface area (Å²) in [5.74, 6) is 0.246. The van der Waals surface area contributed by atoms with Crippen LogP contribution in [0.15, 0.2) is 65.7 Å². The smallest absolute Gasteiger partial charge is 0.327 e. The van der Waals surface area contributed by atoms with Crippen LogP contribution in [-0.4, -0.2) is 60.6 Å². The van der Waals surface area contributed by atoms with Crippen LogP contribution in [-0.2, 0) is 24.3 Å². The van der Waals surface area contributed by atoms with E-state index in [1.165, 1.54) is 18.2 Å². The van der Waals surface area contributed by atoms with E-state index >= 15 is 0 Å². The van der Waals surface area contributed by atoms with Gasteiger partial charge in [-0.15, -0.1) is 10.2 Å². The van der Waals surface area contributed by atoms with Gasteiger partial charge in [-0.25, -0.2) is 8.42 Å². The summed E-state index contributed by atoms with van der Waals surface area (Å²) in [5.41, 5.74) is 0.201. The Labute approximate surface area is 247 Å². The maximum Gasteiger partial charge on any atom is 0.327 e. The number of halogens is 2. The van der Waals surface area contributed by atoms with Gasteiger partial charge in [0, 0.05) is 34.1 Å². The average molecular weight is 620 g/mol. The highest BCUT2D eigenvalue weighted by molar-refractivity contribution is 7.92. The van der Waals surface area contributed by atoms with E-state index < -0.39 is 28.1 Å². The van der Waals surface area contributed by atoms with Crippen LogP contribution in [0.5, 0.6) is 5.88 Å². The molecule has 0 spiro atoms. The van der Waals surface area contributed by atoms with Crippen LogP contribution in [0.4, 0.5) is 5.69 Å². The molecule has 13 heteroatoms. The molecule has 10 nitrogen and oxygen atoms in total. The number of sulfonamides is 1. The molecular weight excluding hydrogens is 591 g/mol. The summed E-state index contributed by atoms with van der Waals surface area (Å²) in [6.07, 6.45) is 2.57. The minimum Gasteiger partial charge on any atom is -0.471 e. The van der Waals surface area contributed by atoms with Crippen LogP contribution in [0, 0.1) is 0 Å². The summed E-state index contributed by atoms with van der Waals surface area (Å²) in [7, 11) is -4.27. The van der Waals surface area contributed by atoms with Crippen molar-refractivity contribution in [3.05, 3.63) is 70.8 Å². The predicted octanol–water partition coefficient (Wildman–Crippen LogP) is 5.43. The van der Waals surface area contributed by atoms with Gasteiger partial charge in [0.05, 0.1) is 29.3 Å². The van der Waals surface area contributed by atoms with E-state index in [9.17, 15) is 13.2 Å². The number of ether oxygens (including phenoxy) is 3. The lowest BCUT2D eigenvalue weighted by atomic mass is 10.2. The van der Waals surface area contributed by atoms with Crippen molar-refractivity contribution in [2.75, 3.05) is 24.1 Å². The maximum absolute atomic E-state index is 13.8. The SMILES string of the molecule is CC(C)(C)OC(=O)CN(c1ccc2c(ccn2-c2ccc(O[C@@H]3CCOC3)nn2)c1)S(=O)(=O)c1cc(Cl)cc(Cl)c1. The third kappa shape index (κ3) is 6.75. The van der Waals surface area contributed by atoms with Gasteiger partial charge in [0.1, 0.15) is 18.2 Å². The molecule has 0 saturated carbocycles. The molecule has 41 heavy (non-hydrogen) atoms. The molecule has 1 aliphatic heterocycles. The first-order valence-electron chi connectivity index (χ1n) is 12.8. The fourth-order valence-electron chi connectivity index (χ4n) is 4.38. The Kier molecular flexibility index (Phi) is 8.15. The molecule has 0 bridgehead atoms. The van der Waals surface area contributed by atoms with Crippen LogP contribution in [0.2, 0.25) is 10.0 Å². The number of nitrogens with zero attached hydrogens (tertiary/aromatic N) is 4. The molecule has 216 valence electrons. The zero-order valence-corrected chi connectivity index (χ0v) is 24.9. The molecule has 2 aromatic heterocycles. The van der Waals surface area contributed by atoms with E-state index in [1.54, 1.807) is 57.3 Å². The summed E-state index contributed by atoms with van der Waals surface area (Å²) < 4.78 is 47.0. The molecular formula is C28H28Cl2N4O6S. The van der Waals surface area contributed by atoms with Crippen molar-refractivity contribution >= 4 is 55.8 Å². The number of aromatic nitrogens is 3. The van der Waals surface area contributed by atoms with Gasteiger partial charge in [0.2, 0.25) is 5.88 Å². The Morgan fingerprint density at radius 3 is 2.46 bits per heavy atom. The summed E-state index contributed by atoms with van der Waals surface area (Å²) in [4.78, 5) is 12.7. The largest absolute Gasteiger partial charge is 0.471 e. The highest BCUT2D eigenvalue weighted by Crippen LogP contribution is 2.31. The summed E-state index contributed by atoms with van der Waals surface area (Å²) in [6, 6.07) is 14.4. The average Bonchev–Trinajstić information content (AvgIpc) is 3.56. The van der Waals surface area contributed by atoms with Gasteiger partial charge in [-0.1, -0.05) is 23.2 Å². The third-order valence-electron chi connectivity index (χ3n) is 6.13.